The van der Waals surface area contributed by atoms with E-state index in [1.165, 1.54) is 0 Å². The van der Waals surface area contributed by atoms with E-state index in [9.17, 15) is 4.79 Å². The Hall–Kier alpha value is -2.11. The van der Waals surface area contributed by atoms with Crippen molar-refractivity contribution in [2.75, 3.05) is 31.1 Å². The highest BCUT2D eigenvalue weighted by atomic mass is 35.5. The Labute approximate surface area is 165 Å². The zero-order valence-corrected chi connectivity index (χ0v) is 16.1. The van der Waals surface area contributed by atoms with Gasteiger partial charge in [0.25, 0.3) is 0 Å². The highest BCUT2D eigenvalue weighted by Gasteiger charge is 2.36. The van der Waals surface area contributed by atoms with E-state index >= 15 is 0 Å². The molecular formula is C21H25ClN4O. The Balaban J connectivity index is 1.43. The van der Waals surface area contributed by atoms with Crippen LogP contribution in [0.1, 0.15) is 18.4 Å². The molecule has 6 heteroatoms. The molecular weight excluding hydrogens is 360 g/mol. The van der Waals surface area contributed by atoms with E-state index in [0.717, 1.165) is 61.8 Å². The molecule has 4 rings (SSSR count). The molecule has 1 aromatic heterocycles. The summed E-state index contributed by atoms with van der Waals surface area (Å²) in [6.07, 6.45) is 4.68. The first-order valence-corrected chi connectivity index (χ1v) is 10.0. The van der Waals surface area contributed by atoms with Gasteiger partial charge in [0.2, 0.25) is 5.91 Å². The van der Waals surface area contributed by atoms with Crippen molar-refractivity contribution in [1.82, 2.24) is 15.2 Å². The number of carbonyl (C=O) groups excluding carboxylic acids is 1. The number of piperazine rings is 1. The lowest BCUT2D eigenvalue weighted by atomic mass is 9.96. The minimum atomic E-state index is -0.105. The second-order valence-electron chi connectivity index (χ2n) is 7.28. The molecule has 27 heavy (non-hydrogen) atoms. The third-order valence-electron chi connectivity index (χ3n) is 5.62. The van der Waals surface area contributed by atoms with Crippen LogP contribution in [0.2, 0.25) is 5.02 Å². The molecule has 5 nitrogen and oxygen atoms in total. The molecule has 1 N–H and O–H groups in total. The van der Waals surface area contributed by atoms with Crippen molar-refractivity contribution in [1.29, 1.82) is 0 Å². The summed E-state index contributed by atoms with van der Waals surface area (Å²) in [6.45, 7) is 3.61. The molecule has 1 unspecified atom stereocenters. The molecule has 1 atom stereocenters. The molecule has 0 spiro atoms. The molecule has 142 valence electrons. The Morgan fingerprint density at radius 1 is 1.07 bits per heavy atom. The Morgan fingerprint density at radius 2 is 1.85 bits per heavy atom. The molecule has 0 bridgehead atoms. The standard InChI is InChI=1S/C21H25ClN4O/c22-17-6-4-16(5-7-17)15-19-21(27)24-11-14-26(19)18-8-12-25(13-9-18)20-3-1-2-10-23-20/h1-7,10,18-19H,8-9,11-15H2,(H,24,27). The number of benzene rings is 1. The van der Waals surface area contributed by atoms with Gasteiger partial charge in [0.05, 0.1) is 6.04 Å². The number of carbonyl (C=O) groups is 1. The number of piperidine rings is 1. The van der Waals surface area contributed by atoms with Crippen molar-refractivity contribution >= 4 is 23.3 Å². The second kappa shape index (κ2) is 8.28. The van der Waals surface area contributed by atoms with Crippen LogP contribution < -0.4 is 10.2 Å². The highest BCUT2D eigenvalue weighted by molar-refractivity contribution is 6.30. The van der Waals surface area contributed by atoms with Crippen molar-refractivity contribution in [3.8, 4) is 0 Å². The summed E-state index contributed by atoms with van der Waals surface area (Å²) in [6, 6.07) is 14.2. The summed E-state index contributed by atoms with van der Waals surface area (Å²) < 4.78 is 0. The fraction of sp³-hybridized carbons (Fsp3) is 0.429. The molecule has 1 aromatic carbocycles. The van der Waals surface area contributed by atoms with E-state index in [-0.39, 0.29) is 11.9 Å². The molecule has 2 aliphatic rings. The van der Waals surface area contributed by atoms with Crippen LogP contribution in [0, 0.1) is 0 Å². The minimum Gasteiger partial charge on any atom is -0.357 e. The van der Waals surface area contributed by atoms with E-state index in [4.69, 9.17) is 11.6 Å². The first-order valence-electron chi connectivity index (χ1n) is 9.64. The topological polar surface area (TPSA) is 48.5 Å². The highest BCUT2D eigenvalue weighted by Crippen LogP contribution is 2.25. The molecule has 0 aliphatic carbocycles. The summed E-state index contributed by atoms with van der Waals surface area (Å²) in [5.41, 5.74) is 1.15. The lowest BCUT2D eigenvalue weighted by molar-refractivity contribution is -0.130. The first-order chi connectivity index (χ1) is 13.2. The van der Waals surface area contributed by atoms with Gasteiger partial charge in [-0.05, 0) is 49.1 Å². The van der Waals surface area contributed by atoms with Gasteiger partial charge in [0.1, 0.15) is 5.82 Å². The Bertz CT molecular complexity index is 760. The number of pyridine rings is 1. The largest absolute Gasteiger partial charge is 0.357 e. The van der Waals surface area contributed by atoms with Crippen LogP contribution >= 0.6 is 11.6 Å². The van der Waals surface area contributed by atoms with E-state index < -0.39 is 0 Å². The van der Waals surface area contributed by atoms with E-state index in [0.29, 0.717) is 6.04 Å². The third kappa shape index (κ3) is 4.25. The number of aromatic nitrogens is 1. The summed E-state index contributed by atoms with van der Waals surface area (Å²) in [4.78, 5) is 21.8. The SMILES string of the molecule is O=C1NCCN(C2CCN(c3ccccn3)CC2)C1Cc1ccc(Cl)cc1. The Kier molecular flexibility index (Phi) is 5.60. The molecule has 3 heterocycles. The lowest BCUT2D eigenvalue weighted by Crippen LogP contribution is -2.60. The maximum absolute atomic E-state index is 12.6. The minimum absolute atomic E-state index is 0.105. The normalized spacial score (nSPS) is 21.9. The number of nitrogens with zero attached hydrogens (tertiary/aromatic N) is 3. The van der Waals surface area contributed by atoms with Gasteiger partial charge in [-0.15, -0.1) is 0 Å². The van der Waals surface area contributed by atoms with Crippen LogP contribution in [0.5, 0.6) is 0 Å². The van der Waals surface area contributed by atoms with Crippen molar-refractivity contribution in [3.63, 3.8) is 0 Å². The number of hydrogen-bond acceptors (Lipinski definition) is 4. The third-order valence-corrected chi connectivity index (χ3v) is 5.87. The van der Waals surface area contributed by atoms with Crippen LogP contribution in [0.25, 0.3) is 0 Å². The smallest absolute Gasteiger partial charge is 0.237 e. The van der Waals surface area contributed by atoms with Crippen LogP contribution in [-0.2, 0) is 11.2 Å². The van der Waals surface area contributed by atoms with E-state index in [2.05, 4.69) is 26.2 Å². The molecule has 0 saturated carbocycles. The molecule has 2 aromatic rings. The van der Waals surface area contributed by atoms with Gasteiger partial charge in [-0.2, -0.15) is 0 Å². The van der Waals surface area contributed by atoms with Crippen LogP contribution in [0.15, 0.2) is 48.7 Å². The number of rotatable bonds is 4. The number of halogens is 1. The summed E-state index contributed by atoms with van der Waals surface area (Å²) >= 11 is 6.00. The first kappa shape index (κ1) is 18.3. The second-order valence-corrected chi connectivity index (χ2v) is 7.72. The maximum atomic E-state index is 12.6. The van der Waals surface area contributed by atoms with Crippen LogP contribution in [0.3, 0.4) is 0 Å². The van der Waals surface area contributed by atoms with Crippen LogP contribution in [0.4, 0.5) is 5.82 Å². The number of nitrogens with one attached hydrogen (secondary N) is 1. The summed E-state index contributed by atoms with van der Waals surface area (Å²) in [5, 5.41) is 3.77. The van der Waals surface area contributed by atoms with Crippen molar-refractivity contribution in [2.45, 2.75) is 31.3 Å². The Morgan fingerprint density at radius 3 is 2.56 bits per heavy atom. The predicted octanol–water partition coefficient (Wildman–Crippen LogP) is 2.75. The van der Waals surface area contributed by atoms with Crippen molar-refractivity contribution in [2.24, 2.45) is 0 Å². The van der Waals surface area contributed by atoms with Gasteiger partial charge in [-0.3, -0.25) is 9.69 Å². The monoisotopic (exact) mass is 384 g/mol. The van der Waals surface area contributed by atoms with Gasteiger partial charge in [-0.25, -0.2) is 4.98 Å². The quantitative estimate of drug-likeness (QED) is 0.880. The lowest BCUT2D eigenvalue weighted by Gasteiger charge is -2.44. The summed E-state index contributed by atoms with van der Waals surface area (Å²) in [7, 11) is 0. The molecule has 2 aliphatic heterocycles. The number of anilines is 1. The number of hydrogen-bond donors (Lipinski definition) is 1. The van der Waals surface area contributed by atoms with Gasteiger partial charge < -0.3 is 10.2 Å². The van der Waals surface area contributed by atoms with Gasteiger partial charge in [-0.1, -0.05) is 29.8 Å². The molecule has 0 radical (unpaired) electrons. The maximum Gasteiger partial charge on any atom is 0.237 e. The van der Waals surface area contributed by atoms with Gasteiger partial charge >= 0.3 is 0 Å². The number of amides is 1. The fourth-order valence-corrected chi connectivity index (χ4v) is 4.32. The predicted molar refractivity (Wildman–Crippen MR) is 108 cm³/mol. The summed E-state index contributed by atoms with van der Waals surface area (Å²) in [5.74, 6) is 1.19. The average molecular weight is 385 g/mol. The van der Waals surface area contributed by atoms with Gasteiger partial charge in [0, 0.05) is 43.4 Å². The fourth-order valence-electron chi connectivity index (χ4n) is 4.19. The van der Waals surface area contributed by atoms with E-state index in [1.807, 2.05) is 42.6 Å². The zero-order chi connectivity index (χ0) is 18.6. The van der Waals surface area contributed by atoms with Crippen LogP contribution in [-0.4, -0.2) is 54.1 Å². The van der Waals surface area contributed by atoms with Crippen molar-refractivity contribution < 1.29 is 4.79 Å². The zero-order valence-electron chi connectivity index (χ0n) is 15.4. The van der Waals surface area contributed by atoms with E-state index in [1.54, 1.807) is 0 Å². The molecule has 2 fully saturated rings. The van der Waals surface area contributed by atoms with Crippen molar-refractivity contribution in [3.05, 3.63) is 59.2 Å². The average Bonchev–Trinajstić information content (AvgIpc) is 2.72. The molecule has 1 amide bonds. The molecule has 2 saturated heterocycles. The van der Waals surface area contributed by atoms with Gasteiger partial charge in [0.15, 0.2) is 0 Å².